The second-order valence-corrected chi connectivity index (χ2v) is 6.35. The van der Waals surface area contributed by atoms with Gasteiger partial charge in [0.15, 0.2) is 0 Å². The Hall–Kier alpha value is -1.56. The van der Waals surface area contributed by atoms with E-state index >= 15 is 0 Å². The normalized spacial score (nSPS) is 16.8. The third-order valence-corrected chi connectivity index (χ3v) is 4.57. The van der Waals surface area contributed by atoms with E-state index in [0.717, 1.165) is 26.9 Å². The molecule has 2 aromatic rings. The molecule has 1 N–H and O–H groups in total. The van der Waals surface area contributed by atoms with E-state index in [1.165, 1.54) is 5.56 Å². The van der Waals surface area contributed by atoms with Gasteiger partial charge < -0.3 is 10.1 Å². The van der Waals surface area contributed by atoms with Crippen LogP contribution in [-0.2, 0) is 0 Å². The van der Waals surface area contributed by atoms with Gasteiger partial charge in [0.25, 0.3) is 5.91 Å². The number of amides is 1. The first-order valence-electron chi connectivity index (χ1n) is 6.94. The summed E-state index contributed by atoms with van der Waals surface area (Å²) in [6, 6.07) is 13.7. The summed E-state index contributed by atoms with van der Waals surface area (Å²) in [6.45, 7) is 2.68. The van der Waals surface area contributed by atoms with Crippen molar-refractivity contribution in [1.82, 2.24) is 5.32 Å². The zero-order valence-electron chi connectivity index (χ0n) is 11.7. The van der Waals surface area contributed by atoms with Crippen molar-refractivity contribution in [2.24, 2.45) is 0 Å². The van der Waals surface area contributed by atoms with E-state index in [9.17, 15) is 4.79 Å². The van der Waals surface area contributed by atoms with E-state index in [-0.39, 0.29) is 11.9 Å². The lowest BCUT2D eigenvalue weighted by molar-refractivity contribution is 0.0924. The molecule has 0 spiro atoms. The summed E-state index contributed by atoms with van der Waals surface area (Å²) in [5.74, 6) is 0.847. The SMILES string of the molecule is Cc1ccc2c(c1)C(NC(=O)c1ccccc1I)CCO2. The largest absolute Gasteiger partial charge is 0.493 e. The van der Waals surface area contributed by atoms with E-state index < -0.39 is 0 Å². The fourth-order valence-corrected chi connectivity index (χ4v) is 3.18. The molecule has 21 heavy (non-hydrogen) atoms. The van der Waals surface area contributed by atoms with Crippen LogP contribution in [0.1, 0.15) is 33.9 Å². The van der Waals surface area contributed by atoms with Gasteiger partial charge >= 0.3 is 0 Å². The number of aryl methyl sites for hydroxylation is 1. The third-order valence-electron chi connectivity index (χ3n) is 3.63. The predicted octanol–water partition coefficient (Wildman–Crippen LogP) is 3.85. The van der Waals surface area contributed by atoms with Gasteiger partial charge in [-0.05, 0) is 47.7 Å². The molecule has 0 radical (unpaired) electrons. The number of fused-ring (bicyclic) bond motifs is 1. The minimum atomic E-state index is -0.0284. The van der Waals surface area contributed by atoms with Crippen LogP contribution in [0.5, 0.6) is 5.75 Å². The predicted molar refractivity (Wildman–Crippen MR) is 90.7 cm³/mol. The van der Waals surface area contributed by atoms with Crippen LogP contribution < -0.4 is 10.1 Å². The minimum absolute atomic E-state index is 0.0113. The van der Waals surface area contributed by atoms with Crippen molar-refractivity contribution >= 4 is 28.5 Å². The maximum absolute atomic E-state index is 12.5. The van der Waals surface area contributed by atoms with Gasteiger partial charge in [0, 0.05) is 15.6 Å². The molecule has 1 aliphatic rings. The molecular formula is C17H16INO2. The highest BCUT2D eigenvalue weighted by Crippen LogP contribution is 2.32. The number of halogens is 1. The van der Waals surface area contributed by atoms with Crippen LogP contribution in [0.15, 0.2) is 42.5 Å². The molecule has 0 fully saturated rings. The number of hydrogen-bond donors (Lipinski definition) is 1. The molecule has 1 amide bonds. The second-order valence-electron chi connectivity index (χ2n) is 5.18. The van der Waals surface area contributed by atoms with Crippen LogP contribution in [0.3, 0.4) is 0 Å². The van der Waals surface area contributed by atoms with Gasteiger partial charge in [-0.1, -0.05) is 29.8 Å². The molecule has 2 aromatic carbocycles. The lowest BCUT2D eigenvalue weighted by atomic mass is 9.98. The summed E-state index contributed by atoms with van der Waals surface area (Å²) in [5.41, 5.74) is 2.96. The Morgan fingerprint density at radius 2 is 2.10 bits per heavy atom. The molecule has 0 bridgehead atoms. The first-order chi connectivity index (χ1) is 10.1. The van der Waals surface area contributed by atoms with Crippen molar-refractivity contribution in [3.8, 4) is 5.75 Å². The minimum Gasteiger partial charge on any atom is -0.493 e. The van der Waals surface area contributed by atoms with Gasteiger partial charge in [0.2, 0.25) is 0 Å². The highest BCUT2D eigenvalue weighted by Gasteiger charge is 2.24. The standard InChI is InChI=1S/C17H16INO2/c1-11-6-7-16-13(10-11)15(8-9-21-16)19-17(20)12-4-2-3-5-14(12)18/h2-7,10,15H,8-9H2,1H3,(H,19,20). The second kappa shape index (κ2) is 6.05. The van der Waals surface area contributed by atoms with E-state index in [1.54, 1.807) is 0 Å². The number of nitrogens with one attached hydrogen (secondary N) is 1. The van der Waals surface area contributed by atoms with Crippen molar-refractivity contribution in [3.05, 3.63) is 62.7 Å². The summed E-state index contributed by atoms with van der Waals surface area (Å²) in [5, 5.41) is 3.14. The molecule has 0 aliphatic carbocycles. The van der Waals surface area contributed by atoms with Crippen molar-refractivity contribution in [2.75, 3.05) is 6.61 Å². The monoisotopic (exact) mass is 393 g/mol. The molecular weight excluding hydrogens is 377 g/mol. The number of benzene rings is 2. The number of ether oxygens (including phenoxy) is 1. The average molecular weight is 393 g/mol. The Morgan fingerprint density at radius 3 is 2.90 bits per heavy atom. The number of carbonyl (C=O) groups is 1. The molecule has 1 aliphatic heterocycles. The van der Waals surface area contributed by atoms with Crippen molar-refractivity contribution < 1.29 is 9.53 Å². The average Bonchev–Trinajstić information content (AvgIpc) is 2.48. The van der Waals surface area contributed by atoms with Crippen molar-refractivity contribution in [1.29, 1.82) is 0 Å². The summed E-state index contributed by atoms with van der Waals surface area (Å²) >= 11 is 2.19. The Labute approximate surface area is 137 Å². The van der Waals surface area contributed by atoms with Crippen LogP contribution in [-0.4, -0.2) is 12.5 Å². The van der Waals surface area contributed by atoms with Gasteiger partial charge in [0.1, 0.15) is 5.75 Å². The van der Waals surface area contributed by atoms with Crippen LogP contribution in [0, 0.1) is 10.5 Å². The topological polar surface area (TPSA) is 38.3 Å². The molecule has 0 aromatic heterocycles. The Kier molecular flexibility index (Phi) is 4.14. The van der Waals surface area contributed by atoms with Crippen LogP contribution in [0.2, 0.25) is 0 Å². The third kappa shape index (κ3) is 3.05. The summed E-state index contributed by atoms with van der Waals surface area (Å²) in [4.78, 5) is 12.5. The van der Waals surface area contributed by atoms with E-state index in [0.29, 0.717) is 6.61 Å². The number of rotatable bonds is 2. The van der Waals surface area contributed by atoms with E-state index in [2.05, 4.69) is 34.0 Å². The summed E-state index contributed by atoms with van der Waals surface area (Å²) < 4.78 is 6.63. The van der Waals surface area contributed by atoms with Gasteiger partial charge in [-0.25, -0.2) is 0 Å². The van der Waals surface area contributed by atoms with Gasteiger partial charge in [0.05, 0.1) is 18.2 Å². The molecule has 1 atom stereocenters. The number of hydrogen-bond acceptors (Lipinski definition) is 2. The highest BCUT2D eigenvalue weighted by molar-refractivity contribution is 14.1. The molecule has 4 heteroatoms. The van der Waals surface area contributed by atoms with Crippen LogP contribution in [0.25, 0.3) is 0 Å². The van der Waals surface area contributed by atoms with E-state index in [4.69, 9.17) is 4.74 Å². The fourth-order valence-electron chi connectivity index (χ4n) is 2.55. The summed E-state index contributed by atoms with van der Waals surface area (Å²) in [7, 11) is 0. The summed E-state index contributed by atoms with van der Waals surface area (Å²) in [6.07, 6.45) is 0.797. The first-order valence-corrected chi connectivity index (χ1v) is 8.02. The molecule has 1 heterocycles. The lowest BCUT2D eigenvalue weighted by Gasteiger charge is -2.27. The van der Waals surface area contributed by atoms with Crippen molar-refractivity contribution in [3.63, 3.8) is 0 Å². The van der Waals surface area contributed by atoms with Gasteiger partial charge in [-0.3, -0.25) is 4.79 Å². The molecule has 3 nitrogen and oxygen atoms in total. The maximum Gasteiger partial charge on any atom is 0.252 e. The molecule has 0 saturated carbocycles. The Morgan fingerprint density at radius 1 is 1.29 bits per heavy atom. The molecule has 1 unspecified atom stereocenters. The van der Waals surface area contributed by atoms with Crippen LogP contribution in [0.4, 0.5) is 0 Å². The quantitative estimate of drug-likeness (QED) is 0.788. The zero-order chi connectivity index (χ0) is 14.8. The first kappa shape index (κ1) is 14.4. The van der Waals surface area contributed by atoms with Crippen molar-refractivity contribution in [2.45, 2.75) is 19.4 Å². The maximum atomic E-state index is 12.5. The van der Waals surface area contributed by atoms with Gasteiger partial charge in [-0.15, -0.1) is 0 Å². The number of carbonyl (C=O) groups excluding carboxylic acids is 1. The molecule has 3 rings (SSSR count). The zero-order valence-corrected chi connectivity index (χ0v) is 13.9. The molecule has 0 saturated heterocycles. The fraction of sp³-hybridized carbons (Fsp3) is 0.235. The Balaban J connectivity index is 1.85. The van der Waals surface area contributed by atoms with Gasteiger partial charge in [-0.2, -0.15) is 0 Å². The van der Waals surface area contributed by atoms with Crippen LogP contribution >= 0.6 is 22.6 Å². The van der Waals surface area contributed by atoms with E-state index in [1.807, 2.05) is 43.3 Å². The lowest BCUT2D eigenvalue weighted by Crippen LogP contribution is -2.32. The highest BCUT2D eigenvalue weighted by atomic mass is 127. The smallest absolute Gasteiger partial charge is 0.252 e. The molecule has 108 valence electrons. The Bertz CT molecular complexity index is 684.